The highest BCUT2D eigenvalue weighted by Crippen LogP contribution is 2.37. The van der Waals surface area contributed by atoms with E-state index in [0.29, 0.717) is 100 Å². The lowest BCUT2D eigenvalue weighted by Crippen LogP contribution is -2.55. The van der Waals surface area contributed by atoms with Crippen LogP contribution in [0.3, 0.4) is 0 Å². The number of aryl methyl sites for hydroxylation is 3. The Morgan fingerprint density at radius 1 is 0.566 bits per heavy atom. The number of para-hydroxylation sites is 1. The van der Waals surface area contributed by atoms with Gasteiger partial charge in [-0.25, -0.2) is 71.8 Å². The van der Waals surface area contributed by atoms with Gasteiger partial charge in [0.25, 0.3) is 46.0 Å². The number of nitrogens with one attached hydrogen (secondary N) is 4. The Morgan fingerprint density at radius 2 is 1.16 bits per heavy atom. The number of hydrogen-bond donors (Lipinski definition) is 5. The zero-order valence-electron chi connectivity index (χ0n) is 77.7. The molecule has 11 heterocycles. The molecule has 5 aliphatic heterocycles. The van der Waals surface area contributed by atoms with E-state index in [0.717, 1.165) is 111 Å². The number of anilines is 8. The fraction of sp³-hybridized carbons (Fsp3) is 0.289. The number of benzene rings is 8. The SMILES string of the molecule is COc1ccc2c(ccn2C(C)C(=O)N2CCN(c3ccc(S(=O)(=O)Nc4nccs4)cc3)C(=O)C2)c1.Cc1csc(NS(=O)(=O)c2ccc(N3CCN(C(=O)[C@@H](C)N4CCCc5cc(F)ccc54)CC3)cc2)n1.O=C(C(O)c1cccc(F)c1F)N1CCN(c2ccc(S(=O)(=O)Nc3ccncn3)cc2)CC1.O=C(CCn1ccc2cccc(Cl)c21)N1CCC(c2ccc(S(=O)(=O)Nc3ncns3)cc2)CC1.[HH].[HH].[HH].[HH].[HH].[HH]. The number of carbonyl (C=O) groups excluding carboxylic acids is 5. The molecule has 760 valence electrons. The van der Waals surface area contributed by atoms with Gasteiger partial charge in [-0.1, -0.05) is 48.0 Å². The average Bonchev–Trinajstić information content (AvgIpc) is 1.72. The predicted molar refractivity (Wildman–Crippen MR) is 555 cm³/mol. The third kappa shape index (κ3) is 24.5. The van der Waals surface area contributed by atoms with Gasteiger partial charge in [-0.3, -0.25) is 42.9 Å². The van der Waals surface area contributed by atoms with Gasteiger partial charge in [-0.05, 0) is 215 Å². The average molecular weight is 2120 g/mol. The number of thiazole rings is 2. The Morgan fingerprint density at radius 3 is 1.76 bits per heavy atom. The zero-order valence-corrected chi connectivity index (χ0v) is 84.1. The van der Waals surface area contributed by atoms with E-state index in [9.17, 15) is 75.9 Å². The number of aromatic nitrogens is 8. The molecule has 5 amide bonds. The van der Waals surface area contributed by atoms with Crippen molar-refractivity contribution in [2.45, 2.75) is 103 Å². The van der Waals surface area contributed by atoms with Gasteiger partial charge in [0.1, 0.15) is 48.7 Å². The Kier molecular flexibility index (Phi) is 32.1. The molecule has 14 aromatic rings. The molecule has 5 aliphatic rings. The molecule has 4 saturated heterocycles. The molecule has 46 heteroatoms. The first-order valence-corrected chi connectivity index (χ1v) is 54.3. The smallest absolute Gasteiger partial charge is 0.263 e. The molecule has 3 atom stereocenters. The summed E-state index contributed by atoms with van der Waals surface area (Å²) in [6.45, 7) is 12.7. The third-order valence-electron chi connectivity index (χ3n) is 25.1. The zero-order chi connectivity index (χ0) is 101. The van der Waals surface area contributed by atoms with Crippen LogP contribution in [0.15, 0.2) is 256 Å². The van der Waals surface area contributed by atoms with E-state index < -0.39 is 75.3 Å². The second-order valence-electron chi connectivity index (χ2n) is 34.1. The van der Waals surface area contributed by atoms with E-state index in [1.165, 1.54) is 101 Å². The summed E-state index contributed by atoms with van der Waals surface area (Å²) >= 11 is 9.77. The van der Waals surface area contributed by atoms with E-state index >= 15 is 0 Å². The van der Waals surface area contributed by atoms with Crippen molar-refractivity contribution in [3.8, 4) is 5.75 Å². The number of aliphatic hydroxyl groups is 1. The lowest BCUT2D eigenvalue weighted by Gasteiger charge is -2.41. The molecule has 2 unspecified atom stereocenters. The lowest BCUT2D eigenvalue weighted by molar-refractivity contribution is -0.141. The molecule has 35 nitrogen and oxygen atoms in total. The number of piperazine rings is 3. The highest BCUT2D eigenvalue weighted by atomic mass is 35.5. The summed E-state index contributed by atoms with van der Waals surface area (Å²) in [5.74, 6) is -2.30. The van der Waals surface area contributed by atoms with E-state index in [1.54, 1.807) is 100 Å². The topological polar surface area (TPSA) is 413 Å². The molecule has 0 aliphatic carbocycles. The number of rotatable bonds is 26. The molecular weight excluding hydrogens is 2000 g/mol. The molecule has 0 radical (unpaired) electrons. The van der Waals surface area contributed by atoms with Gasteiger partial charge in [0.15, 0.2) is 28.0 Å². The lowest BCUT2D eigenvalue weighted by atomic mass is 9.89. The van der Waals surface area contributed by atoms with Crippen LogP contribution in [0.2, 0.25) is 5.02 Å². The number of nitrogens with zero attached hydrogens (tertiary/aromatic N) is 16. The number of sulfonamides is 4. The maximum absolute atomic E-state index is 13.9. The minimum Gasteiger partial charge on any atom is -0.497 e. The van der Waals surface area contributed by atoms with Gasteiger partial charge in [-0.15, -0.1) is 22.7 Å². The van der Waals surface area contributed by atoms with Crippen molar-refractivity contribution < 1.29 is 89.2 Å². The first-order valence-electron chi connectivity index (χ1n) is 45.5. The second-order valence-corrected chi connectivity index (χ2v) is 43.8. The maximum Gasteiger partial charge on any atom is 0.263 e. The number of piperidine rings is 1. The van der Waals surface area contributed by atoms with Crippen LogP contribution in [-0.2, 0) is 77.0 Å². The van der Waals surface area contributed by atoms with Crippen molar-refractivity contribution in [3.05, 3.63) is 281 Å². The quantitative estimate of drug-likeness (QED) is 0.0336. The summed E-state index contributed by atoms with van der Waals surface area (Å²) in [5.41, 5.74) is 7.46. The van der Waals surface area contributed by atoms with Crippen LogP contribution in [-0.4, -0.2) is 231 Å². The second kappa shape index (κ2) is 44.9. The standard InChI is InChI=1S/C26H30FN5O3S2.C25H25N5O5S2.C24H24ClN5O3S2.C22H21F2N5O4S.6H2/c1-18-17-36-26(28-18)29-37(34,35)23-8-6-22(7-9-23)30-12-14-31(15-13-30)25(33)19(2)32-11-3-4-20-16-21(27)5-10-24(20)32;1-17(29-11-9-18-15-20(35-2)5-8-22(18)29)24(32)28-12-13-30(23(31)16-28)19-3-6-21(7-4-19)37(33,34)27-25-26-10-14-36-25;25-21-3-1-2-19-10-14-30(23(19)21)15-11-22(31)29-12-8-18(9-13-29)17-4-6-20(7-5-17)35(32,33)28-24-26-16-27-34-24;23-18-3-1-2-17(20(18)24)21(30)22(31)29-12-10-28(11-13-29)15-4-6-16(7-5-15)34(32,33)27-19-8-9-25-14-26-19;;;;;;/h5-10,16-17,19H,3-4,11-15H2,1-2H3,(H,28,29);3-11,14-15,17H,12-13,16H2,1-2H3,(H,26,27);1-7,10,14,16,18H,8-9,11-13,15H2,(H,26,27,28);1-9,14,21,30H,10-13H2,(H,25,26,27);6*1H/t19-;;;;;;;;;/m1........./s1. The third-order valence-corrected chi connectivity index (χ3v) is 33.4. The number of halogens is 4. The predicted octanol–water partition coefficient (Wildman–Crippen LogP) is 15.4. The normalized spacial score (nSPS) is 15.5. The Labute approximate surface area is 849 Å². The van der Waals surface area contributed by atoms with Crippen LogP contribution in [0.1, 0.15) is 88.5 Å². The number of carbonyl (C=O) groups is 5. The van der Waals surface area contributed by atoms with Gasteiger partial charge in [0, 0.05) is 198 Å². The van der Waals surface area contributed by atoms with Crippen molar-refractivity contribution in [2.24, 2.45) is 0 Å². The number of aliphatic hydroxyl groups excluding tert-OH is 1. The van der Waals surface area contributed by atoms with E-state index in [4.69, 9.17) is 16.3 Å². The van der Waals surface area contributed by atoms with Crippen LogP contribution in [0.4, 0.5) is 57.1 Å². The van der Waals surface area contributed by atoms with Crippen molar-refractivity contribution in [1.82, 2.24) is 58.0 Å². The Bertz CT molecular complexity index is 7410. The number of likely N-dealkylation sites (tertiary alicyclic amines) is 1. The minimum absolute atomic E-state index is 0. The summed E-state index contributed by atoms with van der Waals surface area (Å²) in [7, 11) is -13.4. The van der Waals surface area contributed by atoms with E-state index in [1.807, 2.05) is 118 Å². The van der Waals surface area contributed by atoms with Crippen LogP contribution in [0.5, 0.6) is 5.75 Å². The van der Waals surface area contributed by atoms with Crippen molar-refractivity contribution in [1.29, 1.82) is 0 Å². The van der Waals surface area contributed by atoms with Crippen molar-refractivity contribution >= 4 is 181 Å². The van der Waals surface area contributed by atoms with Gasteiger partial charge in [0.2, 0.25) is 28.8 Å². The molecule has 19 rings (SSSR count). The van der Waals surface area contributed by atoms with Crippen LogP contribution in [0, 0.1) is 24.4 Å². The van der Waals surface area contributed by atoms with Crippen molar-refractivity contribution in [3.63, 3.8) is 0 Å². The molecule has 4 fully saturated rings. The van der Waals surface area contributed by atoms with Crippen LogP contribution in [0.25, 0.3) is 21.8 Å². The molecule has 143 heavy (non-hydrogen) atoms. The molecule has 0 spiro atoms. The number of fused-ring (bicyclic) bond motifs is 3. The molecule has 6 aromatic heterocycles. The fourth-order valence-electron chi connectivity index (χ4n) is 17.5. The molecular formula is C97H112ClF3N20O15S7. The first-order chi connectivity index (χ1) is 68.6. The van der Waals surface area contributed by atoms with Gasteiger partial charge in [0.05, 0.1) is 42.9 Å². The monoisotopic (exact) mass is 2110 g/mol. The van der Waals surface area contributed by atoms with Gasteiger partial charge in [-0.2, -0.15) is 4.37 Å². The maximum atomic E-state index is 13.9. The van der Waals surface area contributed by atoms with E-state index in [2.05, 4.69) is 58.0 Å². The molecule has 8 aromatic carbocycles. The van der Waals surface area contributed by atoms with Gasteiger partial charge < -0.3 is 58.2 Å². The molecule has 0 bridgehead atoms. The van der Waals surface area contributed by atoms with Crippen LogP contribution >= 0.6 is 45.8 Å². The largest absolute Gasteiger partial charge is 0.497 e. The highest BCUT2D eigenvalue weighted by Gasteiger charge is 2.37. The highest BCUT2D eigenvalue weighted by molar-refractivity contribution is 7.93. The molecule has 5 N–H and O–H groups in total. The summed E-state index contributed by atoms with van der Waals surface area (Å²) < 4.78 is 164. The number of ether oxygens (including phenoxy) is 1. The Hall–Kier alpha value is -13.7. The van der Waals surface area contributed by atoms with Gasteiger partial charge >= 0.3 is 0 Å². The summed E-state index contributed by atoms with van der Waals surface area (Å²) in [6.07, 6.45) is 11.4. The van der Waals surface area contributed by atoms with Crippen molar-refractivity contribution in [2.75, 3.05) is 137 Å². The number of hydrogen-bond acceptors (Lipinski definition) is 27. The minimum atomic E-state index is -3.82. The first kappa shape index (κ1) is 102. The summed E-state index contributed by atoms with van der Waals surface area (Å²) in [5, 5.41) is 17.3. The number of amides is 5. The fourth-order valence-corrected chi connectivity index (χ4v) is 24.2. The number of methoxy groups -OCH3 is 1. The molecule has 0 saturated carbocycles. The summed E-state index contributed by atoms with van der Waals surface area (Å²) in [6, 6.07) is 50.2. The van der Waals surface area contributed by atoms with E-state index in [-0.39, 0.29) is 99.3 Å². The Balaban J connectivity index is 0.000000201. The summed E-state index contributed by atoms with van der Waals surface area (Å²) in [4.78, 5) is 99.6. The van der Waals surface area contributed by atoms with Crippen LogP contribution < -0.4 is 43.2 Å².